The van der Waals surface area contributed by atoms with E-state index in [1.807, 2.05) is 11.3 Å². The molecule has 0 saturated carbocycles. The molecule has 0 saturated heterocycles. The van der Waals surface area contributed by atoms with Crippen molar-refractivity contribution < 1.29 is 28.9 Å². The van der Waals surface area contributed by atoms with Crippen molar-refractivity contribution in [3.63, 3.8) is 0 Å². The minimum absolute atomic E-state index is 1.18. The number of para-hydroxylation sites is 2. The van der Waals surface area contributed by atoms with E-state index in [1.165, 1.54) is 25.8 Å². The summed E-state index contributed by atoms with van der Waals surface area (Å²) >= 11 is 3.61. The van der Waals surface area contributed by atoms with Crippen LogP contribution in [0.5, 0.6) is 0 Å². The molecule has 4 rings (SSSR count). The van der Waals surface area contributed by atoms with E-state index in [-0.39, 0.29) is 0 Å². The van der Waals surface area contributed by atoms with Crippen LogP contribution in [0.15, 0.2) is 96.4 Å². The molecule has 0 bridgehead atoms. The van der Waals surface area contributed by atoms with Gasteiger partial charge < -0.3 is 0 Å². The minimum Gasteiger partial charge on any atom is -0.222 e. The Labute approximate surface area is 178 Å². The van der Waals surface area contributed by atoms with Gasteiger partial charge >= 0.3 is 3.98 Å². The molecule has 29 heavy (non-hydrogen) atoms. The van der Waals surface area contributed by atoms with Crippen molar-refractivity contribution in [2.24, 2.45) is 0 Å². The summed E-state index contributed by atoms with van der Waals surface area (Å²) in [6, 6.07) is 31.6. The second-order valence-corrected chi connectivity index (χ2v) is 8.62. The van der Waals surface area contributed by atoms with Crippen LogP contribution in [0.1, 0.15) is 0 Å². The molecule has 0 aliphatic heterocycles. The van der Waals surface area contributed by atoms with Gasteiger partial charge in [-0.25, -0.2) is 18.6 Å². The van der Waals surface area contributed by atoms with E-state index in [1.54, 1.807) is 11.3 Å². The Bertz CT molecular complexity index is 1040. The van der Waals surface area contributed by atoms with E-state index >= 15 is 0 Å². The topological polar surface area (TPSA) is 95.2 Å². The molecular weight excluding hydrogens is 430 g/mol. The lowest BCUT2D eigenvalue weighted by atomic mass is 10.2. The predicted octanol–water partition coefficient (Wildman–Crippen LogP) is 1.16. The molecule has 1 heterocycles. The first-order valence-electron chi connectivity index (χ1n) is 8.41. The Kier molecular flexibility index (Phi) is 7.29. The van der Waals surface area contributed by atoms with Gasteiger partial charge in [-0.3, -0.25) is 0 Å². The summed E-state index contributed by atoms with van der Waals surface area (Å²) in [5, 5.41) is 2.24. The van der Waals surface area contributed by atoms with Crippen LogP contribution in [0, 0.1) is 10.2 Å². The number of hydrogen-bond acceptors (Lipinski definition) is 6. The summed E-state index contributed by atoms with van der Waals surface area (Å²) in [6.07, 6.45) is 0. The van der Waals surface area contributed by atoms with Crippen LogP contribution in [0.3, 0.4) is 0 Å². The van der Waals surface area contributed by atoms with Gasteiger partial charge in [-0.15, -0.1) is 14.8 Å². The summed E-state index contributed by atoms with van der Waals surface area (Å²) in [5.41, 5.74) is 3.63. The largest absolute Gasteiger partial charge is 0.326 e. The van der Waals surface area contributed by atoms with Crippen LogP contribution in [-0.4, -0.2) is 0 Å². The van der Waals surface area contributed by atoms with Crippen LogP contribution in [0.25, 0.3) is 10.4 Å². The van der Waals surface area contributed by atoms with Gasteiger partial charge in [-0.1, -0.05) is 89.4 Å². The molecular formula is C21H16ClNO4S2. The molecule has 5 nitrogen and oxygen atoms in total. The number of nitrogens with zero attached hydrogens (tertiary/aromatic N) is 1. The van der Waals surface area contributed by atoms with Crippen molar-refractivity contribution in [2.45, 2.75) is 0 Å². The second-order valence-electron chi connectivity index (χ2n) is 5.72. The Hall–Kier alpha value is -2.36. The van der Waals surface area contributed by atoms with Crippen LogP contribution in [-0.2, 0) is 0 Å². The van der Waals surface area contributed by atoms with Crippen molar-refractivity contribution in [2.75, 3.05) is 0 Å². The number of rotatable bonds is 3. The molecule has 0 atom stereocenters. The Balaban J connectivity index is 0.000000431. The maximum atomic E-state index is 8.49. The summed E-state index contributed by atoms with van der Waals surface area (Å²) in [6.45, 7) is 0. The van der Waals surface area contributed by atoms with Gasteiger partial charge in [-0.05, 0) is 5.56 Å². The highest BCUT2D eigenvalue weighted by atomic mass is 35.7. The van der Waals surface area contributed by atoms with Gasteiger partial charge in [0.05, 0.1) is 4.88 Å². The summed E-state index contributed by atoms with van der Waals surface area (Å²) < 4.78 is 37.5. The molecule has 0 radical (unpaired) electrons. The molecule has 0 amide bonds. The smallest absolute Gasteiger partial charge is 0.222 e. The molecule has 148 valence electrons. The summed E-state index contributed by atoms with van der Waals surface area (Å²) in [4.78, 5) is 1.30. The Morgan fingerprint density at radius 3 is 1.48 bits per heavy atom. The fourth-order valence-electron chi connectivity index (χ4n) is 2.59. The minimum atomic E-state index is -4.94. The van der Waals surface area contributed by atoms with Crippen molar-refractivity contribution in [3.05, 3.63) is 100 Å². The number of halogens is 1. The maximum absolute atomic E-state index is 8.49. The Morgan fingerprint density at radius 1 is 0.621 bits per heavy atom. The predicted molar refractivity (Wildman–Crippen MR) is 105 cm³/mol. The normalized spacial score (nSPS) is 10.8. The highest BCUT2D eigenvalue weighted by Gasteiger charge is 2.16. The first-order valence-corrected chi connectivity index (χ1v) is 11.3. The zero-order valence-corrected chi connectivity index (χ0v) is 17.4. The van der Waals surface area contributed by atoms with E-state index in [9.17, 15) is 0 Å². The van der Waals surface area contributed by atoms with Gasteiger partial charge in [0, 0.05) is 29.6 Å². The lowest BCUT2D eigenvalue weighted by Gasteiger charge is -2.17. The molecule has 3 aromatic carbocycles. The van der Waals surface area contributed by atoms with Crippen molar-refractivity contribution in [1.29, 1.82) is 0 Å². The molecule has 4 aromatic rings. The average Bonchev–Trinajstić information content (AvgIpc) is 3.19. The summed E-state index contributed by atoms with van der Waals surface area (Å²) in [5.74, 6) is 0. The monoisotopic (exact) mass is 445 g/mol. The van der Waals surface area contributed by atoms with E-state index in [4.69, 9.17) is 18.6 Å². The second kappa shape index (κ2) is 9.91. The van der Waals surface area contributed by atoms with Gasteiger partial charge in [-0.2, -0.15) is 0 Å². The zero-order valence-electron chi connectivity index (χ0n) is 15.0. The van der Waals surface area contributed by atoms with Crippen LogP contribution < -0.4 is 27.2 Å². The molecule has 0 aliphatic carbocycles. The number of hydrogen-bond donors (Lipinski definition) is 0. The molecule has 1 aromatic heterocycles. The fraction of sp³-hybridized carbons (Fsp3) is 0. The quantitative estimate of drug-likeness (QED) is 0.442. The number of benzene rings is 3. The standard InChI is InChI=1S/C21H16NS2.ClHO4/c1-4-10-17(11-5-1)20-16-23-21(24-20)22(18-12-6-2-7-13-18)19-14-8-3-9-15-19;2-1(3,4)5/h1-16H;(H,2,3,4,5)/q+1;/p-1. The van der Waals surface area contributed by atoms with Gasteiger partial charge in [0.2, 0.25) is 11.4 Å². The average molecular weight is 446 g/mol. The molecule has 0 spiro atoms. The maximum Gasteiger partial charge on any atom is 0.326 e. The molecule has 0 N–H and O–H groups in total. The molecule has 0 aliphatic rings. The zero-order chi connectivity index (χ0) is 20.7. The van der Waals surface area contributed by atoms with E-state index in [2.05, 4.69) is 101 Å². The van der Waals surface area contributed by atoms with Crippen LogP contribution in [0.4, 0.5) is 11.4 Å². The molecule has 0 unspecified atom stereocenters. The SMILES string of the molecule is [O-][Cl+3]([O-])([O-])[O-].c1ccc(-c2csc(=[N+](c3ccccc3)c3ccccc3)s2)cc1. The third kappa shape index (κ3) is 6.59. The Morgan fingerprint density at radius 2 is 1.03 bits per heavy atom. The highest BCUT2D eigenvalue weighted by molar-refractivity contribution is 7.28. The van der Waals surface area contributed by atoms with Crippen LogP contribution in [0.2, 0.25) is 0 Å². The van der Waals surface area contributed by atoms with E-state index < -0.39 is 10.2 Å². The third-order valence-electron chi connectivity index (χ3n) is 3.73. The van der Waals surface area contributed by atoms with Crippen molar-refractivity contribution >= 4 is 34.0 Å². The molecule has 0 fully saturated rings. The first-order chi connectivity index (χ1) is 13.9. The van der Waals surface area contributed by atoms with Crippen molar-refractivity contribution in [1.82, 2.24) is 4.58 Å². The van der Waals surface area contributed by atoms with Gasteiger partial charge in [0.1, 0.15) is 0 Å². The molecule has 8 heteroatoms. The lowest BCUT2D eigenvalue weighted by Crippen LogP contribution is -2.68. The first kappa shape index (κ1) is 21.4. The van der Waals surface area contributed by atoms with Gasteiger partial charge in [0.15, 0.2) is 0 Å². The van der Waals surface area contributed by atoms with Crippen LogP contribution >= 0.6 is 22.7 Å². The van der Waals surface area contributed by atoms with Crippen molar-refractivity contribution in [3.8, 4) is 10.4 Å². The van der Waals surface area contributed by atoms with Gasteiger partial charge in [0.25, 0.3) is 0 Å². The lowest BCUT2D eigenvalue weighted by molar-refractivity contribution is -2.00. The van der Waals surface area contributed by atoms with E-state index in [0.29, 0.717) is 0 Å². The third-order valence-corrected chi connectivity index (χ3v) is 6.09. The summed E-state index contributed by atoms with van der Waals surface area (Å²) in [7, 11) is -4.94. The highest BCUT2D eigenvalue weighted by Crippen LogP contribution is 2.25. The fourth-order valence-corrected chi connectivity index (χ4v) is 4.94. The van der Waals surface area contributed by atoms with E-state index in [0.717, 1.165) is 0 Å².